The summed E-state index contributed by atoms with van der Waals surface area (Å²) in [6.07, 6.45) is -4.78. The van der Waals surface area contributed by atoms with E-state index in [9.17, 15) is 32.3 Å². The molecular weight excluding hydrogens is 375 g/mol. The maximum absolute atomic E-state index is 12.7. The van der Waals surface area contributed by atoms with Gasteiger partial charge in [-0.05, 0) is 17.7 Å². The van der Waals surface area contributed by atoms with E-state index >= 15 is 0 Å². The summed E-state index contributed by atoms with van der Waals surface area (Å²) in [5.74, 6) is -1.60. The molecule has 0 aliphatic carbocycles. The zero-order valence-corrected chi connectivity index (χ0v) is 13.9. The quantitative estimate of drug-likeness (QED) is 0.430. The molecule has 1 atom stereocenters. The summed E-state index contributed by atoms with van der Waals surface area (Å²) >= 11 is 0. The highest BCUT2D eigenvalue weighted by Gasteiger charge is 2.34. The second kappa shape index (κ2) is 8.09. The normalized spacial score (nSPS) is 12.4. The Hall–Kier alpha value is -2.75. The Morgan fingerprint density at radius 1 is 1.15 bits per heavy atom. The third kappa shape index (κ3) is 5.12. The summed E-state index contributed by atoms with van der Waals surface area (Å²) in [6, 6.07) is 10.2. The Balaban J connectivity index is 2.11. The van der Waals surface area contributed by atoms with E-state index in [1.54, 1.807) is 30.3 Å². The Bertz CT molecular complexity index is 840. The Morgan fingerprint density at radius 3 is 2.38 bits per heavy atom. The highest BCUT2D eigenvalue weighted by Crippen LogP contribution is 2.34. The Kier molecular flexibility index (Phi) is 6.09. The van der Waals surface area contributed by atoms with Crippen molar-refractivity contribution in [2.75, 3.05) is 5.75 Å². The lowest BCUT2D eigenvalue weighted by atomic mass is 10.2. The van der Waals surface area contributed by atoms with Gasteiger partial charge in [0.05, 0.1) is 21.3 Å². The molecule has 0 unspecified atom stereocenters. The summed E-state index contributed by atoms with van der Waals surface area (Å²) in [7, 11) is -2.22. The van der Waals surface area contributed by atoms with Crippen LogP contribution in [0.4, 0.5) is 18.9 Å². The SMILES string of the molecule is O=C(C[S@](=O)c1ccc(C(F)(F)F)cc1[N+](=O)[O-])OCc1ccccc1. The minimum absolute atomic E-state index is 0.0774. The number of carbonyl (C=O) groups excluding carboxylic acids is 1. The second-order valence-corrected chi connectivity index (χ2v) is 6.49. The number of rotatable bonds is 6. The van der Waals surface area contributed by atoms with Crippen LogP contribution in [0.5, 0.6) is 0 Å². The van der Waals surface area contributed by atoms with Gasteiger partial charge in [0.2, 0.25) is 0 Å². The highest BCUT2D eigenvalue weighted by molar-refractivity contribution is 7.85. The number of nitro groups is 1. The third-order valence-corrected chi connectivity index (χ3v) is 4.55. The number of nitro benzene ring substituents is 1. The minimum Gasteiger partial charge on any atom is -0.460 e. The van der Waals surface area contributed by atoms with Gasteiger partial charge in [-0.25, -0.2) is 0 Å². The predicted molar refractivity (Wildman–Crippen MR) is 85.6 cm³/mol. The third-order valence-electron chi connectivity index (χ3n) is 3.22. The number of hydrogen-bond donors (Lipinski definition) is 0. The van der Waals surface area contributed by atoms with Gasteiger partial charge in [-0.15, -0.1) is 0 Å². The molecule has 2 aromatic carbocycles. The summed E-state index contributed by atoms with van der Waals surface area (Å²) in [4.78, 5) is 21.2. The first-order valence-corrected chi connectivity index (χ1v) is 8.44. The summed E-state index contributed by atoms with van der Waals surface area (Å²) in [6.45, 7) is -0.0774. The topological polar surface area (TPSA) is 86.5 Å². The maximum atomic E-state index is 12.7. The monoisotopic (exact) mass is 387 g/mol. The number of alkyl halides is 3. The van der Waals surface area contributed by atoms with Crippen molar-refractivity contribution in [3.63, 3.8) is 0 Å². The number of halogens is 3. The second-order valence-electron chi connectivity index (χ2n) is 5.07. The number of esters is 1. The van der Waals surface area contributed by atoms with E-state index in [2.05, 4.69) is 0 Å². The van der Waals surface area contributed by atoms with Crippen LogP contribution in [0, 0.1) is 10.1 Å². The molecule has 2 rings (SSSR count). The lowest BCUT2D eigenvalue weighted by molar-refractivity contribution is -0.388. The number of benzene rings is 2. The molecule has 2 aromatic rings. The van der Waals surface area contributed by atoms with Gasteiger partial charge in [0.15, 0.2) is 0 Å². The predicted octanol–water partition coefficient (Wildman–Crippen LogP) is 3.46. The molecular formula is C16H12F3NO5S. The zero-order chi connectivity index (χ0) is 19.3. The van der Waals surface area contributed by atoms with E-state index < -0.39 is 49.8 Å². The van der Waals surface area contributed by atoms with E-state index in [1.807, 2.05) is 0 Å². The van der Waals surface area contributed by atoms with E-state index in [0.717, 1.165) is 6.07 Å². The standard InChI is InChI=1S/C16H12F3NO5S/c17-16(18,19)12-6-7-14(13(8-12)20(22)23)26(24)10-15(21)25-9-11-4-2-1-3-5-11/h1-8H,9-10H2/t26-/m0/s1. The van der Waals surface area contributed by atoms with Crippen molar-refractivity contribution in [1.29, 1.82) is 0 Å². The van der Waals surface area contributed by atoms with E-state index in [1.165, 1.54) is 0 Å². The van der Waals surface area contributed by atoms with Crippen LogP contribution < -0.4 is 0 Å². The molecule has 0 spiro atoms. The van der Waals surface area contributed by atoms with Crippen LogP contribution >= 0.6 is 0 Å². The molecule has 10 heteroatoms. The van der Waals surface area contributed by atoms with Crippen molar-refractivity contribution in [2.24, 2.45) is 0 Å². The average molecular weight is 387 g/mol. The van der Waals surface area contributed by atoms with Crippen molar-refractivity contribution in [2.45, 2.75) is 17.7 Å². The Labute approximate surface area is 148 Å². The minimum atomic E-state index is -4.78. The average Bonchev–Trinajstić information content (AvgIpc) is 2.59. The number of carbonyl (C=O) groups is 1. The van der Waals surface area contributed by atoms with Crippen molar-refractivity contribution in [3.05, 3.63) is 69.8 Å². The maximum Gasteiger partial charge on any atom is 0.416 e. The van der Waals surface area contributed by atoms with Gasteiger partial charge >= 0.3 is 12.1 Å². The first-order valence-electron chi connectivity index (χ1n) is 7.12. The van der Waals surface area contributed by atoms with Gasteiger partial charge in [0, 0.05) is 6.07 Å². The van der Waals surface area contributed by atoms with Crippen LogP contribution in [0.25, 0.3) is 0 Å². The zero-order valence-electron chi connectivity index (χ0n) is 13.1. The molecule has 0 heterocycles. The number of ether oxygens (including phenoxy) is 1. The molecule has 0 aromatic heterocycles. The van der Waals surface area contributed by atoms with Crippen LogP contribution in [0.2, 0.25) is 0 Å². The fourth-order valence-corrected chi connectivity index (χ4v) is 3.03. The van der Waals surface area contributed by atoms with Gasteiger partial charge in [-0.2, -0.15) is 13.2 Å². The fourth-order valence-electron chi connectivity index (χ4n) is 1.99. The first kappa shape index (κ1) is 19.6. The molecule has 26 heavy (non-hydrogen) atoms. The molecule has 0 amide bonds. The number of hydrogen-bond acceptors (Lipinski definition) is 5. The molecule has 0 radical (unpaired) electrons. The molecule has 0 saturated heterocycles. The fraction of sp³-hybridized carbons (Fsp3) is 0.188. The van der Waals surface area contributed by atoms with E-state index in [0.29, 0.717) is 17.7 Å². The molecule has 0 aliphatic rings. The lowest BCUT2D eigenvalue weighted by Crippen LogP contribution is -2.15. The van der Waals surface area contributed by atoms with Gasteiger partial charge in [-0.3, -0.25) is 19.1 Å². The van der Waals surface area contributed by atoms with Gasteiger partial charge in [0.25, 0.3) is 5.69 Å². The van der Waals surface area contributed by atoms with E-state index in [-0.39, 0.29) is 6.61 Å². The molecule has 0 aliphatic heterocycles. The molecule has 138 valence electrons. The van der Waals surface area contributed by atoms with Crippen LogP contribution in [-0.4, -0.2) is 20.9 Å². The summed E-state index contributed by atoms with van der Waals surface area (Å²) in [5, 5.41) is 11.0. The highest BCUT2D eigenvalue weighted by atomic mass is 32.2. The molecule has 0 fully saturated rings. The van der Waals surface area contributed by atoms with Gasteiger partial charge in [-0.1, -0.05) is 30.3 Å². The van der Waals surface area contributed by atoms with Crippen LogP contribution in [0.15, 0.2) is 53.4 Å². The van der Waals surface area contributed by atoms with Crippen molar-refractivity contribution in [1.82, 2.24) is 0 Å². The number of nitrogens with zero attached hydrogens (tertiary/aromatic N) is 1. The molecule has 0 bridgehead atoms. The summed E-state index contributed by atoms with van der Waals surface area (Å²) in [5.41, 5.74) is -1.52. The van der Waals surface area contributed by atoms with Crippen LogP contribution in [0.3, 0.4) is 0 Å². The van der Waals surface area contributed by atoms with Crippen molar-refractivity contribution in [3.8, 4) is 0 Å². The van der Waals surface area contributed by atoms with Crippen LogP contribution in [0.1, 0.15) is 11.1 Å². The smallest absolute Gasteiger partial charge is 0.416 e. The largest absolute Gasteiger partial charge is 0.460 e. The molecule has 0 saturated carbocycles. The van der Waals surface area contributed by atoms with Crippen LogP contribution in [-0.2, 0) is 33.1 Å². The first-order chi connectivity index (χ1) is 12.2. The van der Waals surface area contributed by atoms with Gasteiger partial charge < -0.3 is 4.74 Å². The molecule has 6 nitrogen and oxygen atoms in total. The van der Waals surface area contributed by atoms with Crippen molar-refractivity contribution < 1.29 is 31.8 Å². The van der Waals surface area contributed by atoms with Gasteiger partial charge in [0.1, 0.15) is 17.3 Å². The Morgan fingerprint density at radius 2 is 1.81 bits per heavy atom. The van der Waals surface area contributed by atoms with Crippen molar-refractivity contribution >= 4 is 22.5 Å². The lowest BCUT2D eigenvalue weighted by Gasteiger charge is -2.09. The van der Waals surface area contributed by atoms with E-state index in [4.69, 9.17) is 4.74 Å². The summed E-state index contributed by atoms with van der Waals surface area (Å²) < 4.78 is 55.1. The molecule has 0 N–H and O–H groups in total.